The van der Waals surface area contributed by atoms with E-state index in [0.717, 1.165) is 16.9 Å². The van der Waals surface area contributed by atoms with Crippen LogP contribution in [0.5, 0.6) is 0 Å². The third-order valence-electron chi connectivity index (χ3n) is 4.61. The van der Waals surface area contributed by atoms with E-state index >= 15 is 0 Å². The Labute approximate surface area is 162 Å². The molecule has 0 fully saturated rings. The number of methoxy groups -OCH3 is 3. The lowest BCUT2D eigenvalue weighted by Gasteiger charge is -2.21. The second-order valence-corrected chi connectivity index (χ2v) is 7.65. The summed E-state index contributed by atoms with van der Waals surface area (Å²) in [5.41, 5.74) is 1.39. The van der Waals surface area contributed by atoms with Crippen LogP contribution < -0.4 is 0 Å². The van der Waals surface area contributed by atoms with Crippen LogP contribution >= 0.6 is 0 Å². The summed E-state index contributed by atoms with van der Waals surface area (Å²) < 4.78 is 16.5. The minimum Gasteiger partial charge on any atom is -0.501 e. The number of ether oxygens (including phenoxy) is 3. The summed E-state index contributed by atoms with van der Waals surface area (Å²) in [6, 6.07) is 0. The van der Waals surface area contributed by atoms with E-state index < -0.39 is 5.41 Å². The third-order valence-corrected chi connectivity index (χ3v) is 4.61. The van der Waals surface area contributed by atoms with E-state index in [4.69, 9.17) is 14.2 Å². The first kappa shape index (κ1) is 20.8. The lowest BCUT2D eigenvalue weighted by molar-refractivity contribution is -0.122. The highest BCUT2D eigenvalue weighted by Gasteiger charge is 2.26. The van der Waals surface area contributed by atoms with Crippen molar-refractivity contribution in [2.45, 2.75) is 33.6 Å². The second kappa shape index (κ2) is 8.94. The van der Waals surface area contributed by atoms with E-state index in [-0.39, 0.29) is 11.7 Å². The summed E-state index contributed by atoms with van der Waals surface area (Å²) >= 11 is 0. The van der Waals surface area contributed by atoms with Crippen LogP contribution in [0.3, 0.4) is 0 Å². The van der Waals surface area contributed by atoms with Gasteiger partial charge in [0, 0.05) is 11.3 Å². The van der Waals surface area contributed by atoms with Gasteiger partial charge >= 0.3 is 0 Å². The zero-order valence-electron chi connectivity index (χ0n) is 17.2. The Morgan fingerprint density at radius 1 is 1.04 bits per heavy atom. The molecule has 0 heterocycles. The minimum absolute atomic E-state index is 0.0669. The summed E-state index contributed by atoms with van der Waals surface area (Å²) in [6.45, 7) is 5.86. The second-order valence-electron chi connectivity index (χ2n) is 7.65. The molecule has 0 aromatic rings. The van der Waals surface area contributed by atoms with Crippen molar-refractivity contribution >= 4 is 5.78 Å². The average Bonchev–Trinajstić information content (AvgIpc) is 2.79. The van der Waals surface area contributed by atoms with Crippen LogP contribution in [0.2, 0.25) is 0 Å². The van der Waals surface area contributed by atoms with Crippen LogP contribution in [0.4, 0.5) is 0 Å². The smallest absolute Gasteiger partial charge is 0.164 e. The Balaban J connectivity index is 2.55. The Morgan fingerprint density at radius 3 is 2.37 bits per heavy atom. The van der Waals surface area contributed by atoms with Crippen LogP contribution in [0, 0.1) is 11.3 Å². The van der Waals surface area contributed by atoms with Crippen molar-refractivity contribution in [3.63, 3.8) is 0 Å². The molecule has 146 valence electrons. The first-order valence-corrected chi connectivity index (χ1v) is 9.16. The van der Waals surface area contributed by atoms with Gasteiger partial charge in [-0.3, -0.25) is 4.79 Å². The third kappa shape index (κ3) is 5.25. The van der Waals surface area contributed by atoms with Gasteiger partial charge in [0.1, 0.15) is 11.5 Å². The Kier molecular flexibility index (Phi) is 6.89. The molecule has 2 aliphatic rings. The lowest BCUT2D eigenvalue weighted by atomic mass is 9.82. The minimum atomic E-state index is -0.417. The number of Topliss-reactive ketones (excluding diaryl/α,β-unsaturated/α-hetero) is 1. The number of carbonyl (C=O) groups is 1. The zero-order chi connectivity index (χ0) is 20.0. The topological polar surface area (TPSA) is 44.8 Å². The number of hydrogen-bond acceptors (Lipinski definition) is 4. The van der Waals surface area contributed by atoms with Crippen LogP contribution in [0.25, 0.3) is 0 Å². The highest BCUT2D eigenvalue weighted by molar-refractivity contribution is 5.99. The van der Waals surface area contributed by atoms with Crippen LogP contribution in [0.15, 0.2) is 71.0 Å². The van der Waals surface area contributed by atoms with Crippen molar-refractivity contribution in [3.8, 4) is 0 Å². The fraction of sp³-hybridized carbons (Fsp3) is 0.435. The standard InChI is InChI=1S/C23H30O4/c1-23(2,3)22(24)17-11-9-7-8-10-16(12-17)18-13-19(25-4)15-21(27-6)20(14-18)26-5/h7-10,12-14,16H,11,15H2,1-6H3/b9-7?,10-8-,17-12?. The van der Waals surface area contributed by atoms with Gasteiger partial charge in [0.15, 0.2) is 11.5 Å². The number of allylic oxidation sites excluding steroid dienone is 9. The zero-order valence-corrected chi connectivity index (χ0v) is 17.2. The van der Waals surface area contributed by atoms with E-state index in [1.807, 2.05) is 57.2 Å². The number of rotatable bonds is 5. The predicted molar refractivity (Wildman–Crippen MR) is 108 cm³/mol. The van der Waals surface area contributed by atoms with Crippen molar-refractivity contribution in [2.24, 2.45) is 11.3 Å². The molecule has 0 N–H and O–H groups in total. The average molecular weight is 370 g/mol. The van der Waals surface area contributed by atoms with Crippen molar-refractivity contribution in [1.82, 2.24) is 0 Å². The van der Waals surface area contributed by atoms with E-state index in [0.29, 0.717) is 24.4 Å². The van der Waals surface area contributed by atoms with E-state index in [1.54, 1.807) is 21.3 Å². The number of hydrogen-bond donors (Lipinski definition) is 0. The van der Waals surface area contributed by atoms with E-state index in [1.165, 1.54) is 0 Å². The molecule has 0 saturated heterocycles. The molecule has 0 saturated carbocycles. The number of carbonyl (C=O) groups excluding carboxylic acids is 1. The predicted octanol–water partition coefficient (Wildman–Crippen LogP) is 5.03. The normalized spacial score (nSPS) is 21.9. The molecule has 1 atom stereocenters. The maximum absolute atomic E-state index is 12.9. The van der Waals surface area contributed by atoms with Gasteiger partial charge < -0.3 is 14.2 Å². The molecule has 4 nitrogen and oxygen atoms in total. The highest BCUT2D eigenvalue weighted by atomic mass is 16.5. The Hall–Kier alpha value is -2.49. The van der Waals surface area contributed by atoms with Crippen molar-refractivity contribution in [3.05, 3.63) is 71.0 Å². The molecule has 0 aromatic carbocycles. The summed E-state index contributed by atoms with van der Waals surface area (Å²) in [4.78, 5) is 12.9. The van der Waals surface area contributed by atoms with Crippen molar-refractivity contribution in [2.75, 3.05) is 21.3 Å². The molecule has 0 aliphatic heterocycles. The van der Waals surface area contributed by atoms with Crippen LogP contribution in [-0.2, 0) is 19.0 Å². The lowest BCUT2D eigenvalue weighted by Crippen LogP contribution is -2.22. The molecule has 4 heteroatoms. The first-order chi connectivity index (χ1) is 12.8. The van der Waals surface area contributed by atoms with Gasteiger partial charge in [0.05, 0.1) is 27.8 Å². The van der Waals surface area contributed by atoms with E-state index in [9.17, 15) is 4.79 Å². The fourth-order valence-electron chi connectivity index (χ4n) is 3.08. The monoisotopic (exact) mass is 370 g/mol. The molecule has 0 aromatic heterocycles. The van der Waals surface area contributed by atoms with Gasteiger partial charge in [0.25, 0.3) is 0 Å². The van der Waals surface area contributed by atoms with Gasteiger partial charge in [-0.15, -0.1) is 0 Å². The quantitative estimate of drug-likeness (QED) is 0.681. The largest absolute Gasteiger partial charge is 0.501 e. The number of ketones is 1. The Morgan fingerprint density at radius 2 is 1.78 bits per heavy atom. The molecule has 1 unspecified atom stereocenters. The van der Waals surface area contributed by atoms with Crippen LogP contribution in [-0.4, -0.2) is 27.1 Å². The molecule has 0 radical (unpaired) electrons. The molecule has 27 heavy (non-hydrogen) atoms. The van der Waals surface area contributed by atoms with Crippen molar-refractivity contribution < 1.29 is 19.0 Å². The van der Waals surface area contributed by atoms with Gasteiger partial charge in [-0.25, -0.2) is 0 Å². The molecular weight excluding hydrogens is 340 g/mol. The Bertz CT molecular complexity index is 752. The molecule has 2 aliphatic carbocycles. The van der Waals surface area contributed by atoms with Gasteiger partial charge in [-0.2, -0.15) is 0 Å². The fourth-order valence-corrected chi connectivity index (χ4v) is 3.08. The van der Waals surface area contributed by atoms with Gasteiger partial charge in [-0.05, 0) is 29.7 Å². The van der Waals surface area contributed by atoms with Crippen LogP contribution in [0.1, 0.15) is 33.6 Å². The maximum atomic E-state index is 12.9. The summed E-state index contributed by atoms with van der Waals surface area (Å²) in [5, 5.41) is 0. The summed E-state index contributed by atoms with van der Waals surface area (Å²) in [7, 11) is 4.90. The molecule has 2 rings (SSSR count). The van der Waals surface area contributed by atoms with Gasteiger partial charge in [-0.1, -0.05) is 51.2 Å². The molecular formula is C23H30O4. The molecule has 0 amide bonds. The SMILES string of the molecule is COC1=CC(C2C=C(C(=O)C(C)(C)C)CC=C/C=C\2)=CC(OC)=C(OC)C1. The summed E-state index contributed by atoms with van der Waals surface area (Å²) in [6.07, 6.45) is 15.2. The van der Waals surface area contributed by atoms with Crippen molar-refractivity contribution in [1.29, 1.82) is 0 Å². The summed E-state index contributed by atoms with van der Waals surface area (Å²) in [5.74, 6) is 2.26. The first-order valence-electron chi connectivity index (χ1n) is 9.16. The molecule has 0 spiro atoms. The maximum Gasteiger partial charge on any atom is 0.164 e. The highest BCUT2D eigenvalue weighted by Crippen LogP contribution is 2.32. The van der Waals surface area contributed by atoms with E-state index in [2.05, 4.69) is 6.08 Å². The molecule has 0 bridgehead atoms. The van der Waals surface area contributed by atoms with Gasteiger partial charge in [0.2, 0.25) is 0 Å².